The normalized spacial score (nSPS) is 16.5. The molecule has 0 heterocycles. The molecule has 0 spiro atoms. The van der Waals surface area contributed by atoms with Crippen LogP contribution >= 0.6 is 0 Å². The number of hydrogen-bond acceptors (Lipinski definition) is 4. The van der Waals surface area contributed by atoms with Crippen molar-refractivity contribution in [1.82, 2.24) is 4.90 Å². The van der Waals surface area contributed by atoms with Gasteiger partial charge in [0.2, 0.25) is 0 Å². The Balaban J connectivity index is 1.86. The Hall–Kier alpha value is -1.75. The highest BCUT2D eigenvalue weighted by atomic mass is 16.5. The van der Waals surface area contributed by atoms with Gasteiger partial charge in [0.15, 0.2) is 18.1 Å². The van der Waals surface area contributed by atoms with Crippen molar-refractivity contribution in [2.45, 2.75) is 31.3 Å². The molecule has 1 aliphatic rings. The number of rotatable bonds is 6. The number of carbonyl (C=O) groups is 1. The summed E-state index contributed by atoms with van der Waals surface area (Å²) in [5, 5.41) is 10.3. The molecule has 1 fully saturated rings. The van der Waals surface area contributed by atoms with Gasteiger partial charge < -0.3 is 19.5 Å². The van der Waals surface area contributed by atoms with Crippen molar-refractivity contribution >= 4 is 5.91 Å². The highest BCUT2D eigenvalue weighted by molar-refractivity contribution is 5.77. The average molecular weight is 293 g/mol. The van der Waals surface area contributed by atoms with Gasteiger partial charge in [0.1, 0.15) is 0 Å². The van der Waals surface area contributed by atoms with Crippen molar-refractivity contribution in [1.29, 1.82) is 0 Å². The molecule has 0 atom stereocenters. The fourth-order valence-electron chi connectivity index (χ4n) is 2.71. The third-order valence-electron chi connectivity index (χ3n) is 3.91. The number of carbonyl (C=O) groups excluding carboxylic acids is 1. The van der Waals surface area contributed by atoms with Crippen molar-refractivity contribution in [3.63, 3.8) is 0 Å². The molecule has 0 radical (unpaired) electrons. The second-order valence-electron chi connectivity index (χ2n) is 5.62. The molecule has 5 nitrogen and oxygen atoms in total. The van der Waals surface area contributed by atoms with Crippen LogP contribution in [0.5, 0.6) is 11.5 Å². The van der Waals surface area contributed by atoms with Gasteiger partial charge in [-0.3, -0.25) is 4.79 Å². The predicted molar refractivity (Wildman–Crippen MR) is 79.5 cm³/mol. The van der Waals surface area contributed by atoms with Crippen LogP contribution in [0, 0.1) is 0 Å². The number of amides is 1. The van der Waals surface area contributed by atoms with E-state index in [2.05, 4.69) is 0 Å². The maximum Gasteiger partial charge on any atom is 0.260 e. The standard InChI is InChI=1S/C16H23NO4/c1-17(12-16(19)9-5-6-10-16)15(18)11-21-14-8-4-3-7-13(14)20-2/h3-4,7-8,19H,5-6,9-12H2,1-2H3. The lowest BCUT2D eigenvalue weighted by molar-refractivity contribution is -0.135. The highest BCUT2D eigenvalue weighted by Gasteiger charge is 2.33. The van der Waals surface area contributed by atoms with E-state index >= 15 is 0 Å². The van der Waals surface area contributed by atoms with Gasteiger partial charge in [-0.15, -0.1) is 0 Å². The third kappa shape index (κ3) is 4.11. The maximum absolute atomic E-state index is 12.1. The average Bonchev–Trinajstić information content (AvgIpc) is 2.91. The number of ether oxygens (including phenoxy) is 2. The van der Waals surface area contributed by atoms with Crippen molar-refractivity contribution in [2.24, 2.45) is 0 Å². The van der Waals surface area contributed by atoms with E-state index in [1.807, 2.05) is 12.1 Å². The van der Waals surface area contributed by atoms with Crippen LogP contribution < -0.4 is 9.47 Å². The molecule has 0 saturated heterocycles. The number of likely N-dealkylation sites (N-methyl/N-ethyl adjacent to an activating group) is 1. The Labute approximate surface area is 125 Å². The summed E-state index contributed by atoms with van der Waals surface area (Å²) in [6.07, 6.45) is 3.57. The zero-order valence-electron chi connectivity index (χ0n) is 12.7. The zero-order valence-corrected chi connectivity index (χ0v) is 12.7. The first-order chi connectivity index (χ1) is 10.0. The molecule has 21 heavy (non-hydrogen) atoms. The summed E-state index contributed by atoms with van der Waals surface area (Å²) in [5.74, 6) is 0.991. The molecule has 1 saturated carbocycles. The van der Waals surface area contributed by atoms with Gasteiger partial charge in [-0.25, -0.2) is 0 Å². The largest absolute Gasteiger partial charge is 0.493 e. The summed E-state index contributed by atoms with van der Waals surface area (Å²) in [4.78, 5) is 13.6. The number of para-hydroxylation sites is 2. The molecule has 1 aliphatic carbocycles. The lowest BCUT2D eigenvalue weighted by Crippen LogP contribution is -2.43. The van der Waals surface area contributed by atoms with Crippen LogP contribution in [0.25, 0.3) is 0 Å². The number of nitrogens with zero attached hydrogens (tertiary/aromatic N) is 1. The van der Waals surface area contributed by atoms with E-state index in [1.54, 1.807) is 31.2 Å². The van der Waals surface area contributed by atoms with E-state index in [1.165, 1.54) is 0 Å². The van der Waals surface area contributed by atoms with Gasteiger partial charge in [-0.05, 0) is 25.0 Å². The molecule has 1 aromatic rings. The Bertz CT molecular complexity index is 483. The van der Waals surface area contributed by atoms with Crippen LogP contribution in [0.4, 0.5) is 0 Å². The molecule has 0 aromatic heterocycles. The Morgan fingerprint density at radius 3 is 2.52 bits per heavy atom. The first kappa shape index (κ1) is 15.6. The van der Waals surface area contributed by atoms with Gasteiger partial charge in [-0.1, -0.05) is 25.0 Å². The third-order valence-corrected chi connectivity index (χ3v) is 3.91. The Morgan fingerprint density at radius 1 is 1.29 bits per heavy atom. The zero-order chi connectivity index (χ0) is 15.3. The van der Waals surface area contributed by atoms with Gasteiger partial charge >= 0.3 is 0 Å². The van der Waals surface area contributed by atoms with E-state index in [-0.39, 0.29) is 12.5 Å². The van der Waals surface area contributed by atoms with E-state index in [9.17, 15) is 9.90 Å². The summed E-state index contributed by atoms with van der Waals surface area (Å²) in [6.45, 7) is 0.300. The Morgan fingerprint density at radius 2 is 1.90 bits per heavy atom. The summed E-state index contributed by atoms with van der Waals surface area (Å²) in [7, 11) is 3.26. The number of methoxy groups -OCH3 is 1. The molecule has 5 heteroatoms. The maximum atomic E-state index is 12.1. The summed E-state index contributed by atoms with van der Waals surface area (Å²) < 4.78 is 10.7. The summed E-state index contributed by atoms with van der Waals surface area (Å²) in [5.41, 5.74) is -0.727. The first-order valence-electron chi connectivity index (χ1n) is 7.26. The molecular formula is C16H23NO4. The van der Waals surface area contributed by atoms with Crippen LogP contribution in [0.1, 0.15) is 25.7 Å². The van der Waals surface area contributed by atoms with Crippen LogP contribution in [-0.4, -0.2) is 48.8 Å². The lowest BCUT2D eigenvalue weighted by atomic mass is 10.0. The topological polar surface area (TPSA) is 59.0 Å². The molecule has 116 valence electrons. The van der Waals surface area contributed by atoms with Gasteiger partial charge in [0.25, 0.3) is 5.91 Å². The van der Waals surface area contributed by atoms with Crippen LogP contribution in [0.3, 0.4) is 0 Å². The molecule has 1 N–H and O–H groups in total. The van der Waals surface area contributed by atoms with Crippen molar-refractivity contribution in [2.75, 3.05) is 27.3 Å². The molecule has 0 unspecified atom stereocenters. The molecule has 2 rings (SSSR count). The predicted octanol–water partition coefficient (Wildman–Crippen LogP) is 1.84. The monoisotopic (exact) mass is 293 g/mol. The van der Waals surface area contributed by atoms with Gasteiger partial charge in [0.05, 0.1) is 12.7 Å². The van der Waals surface area contributed by atoms with E-state index in [4.69, 9.17) is 9.47 Å². The van der Waals surface area contributed by atoms with E-state index in [0.717, 1.165) is 25.7 Å². The number of hydrogen-bond donors (Lipinski definition) is 1. The molecule has 0 bridgehead atoms. The fourth-order valence-corrected chi connectivity index (χ4v) is 2.71. The molecule has 1 aromatic carbocycles. The van der Waals surface area contributed by atoms with Crippen LogP contribution in [0.15, 0.2) is 24.3 Å². The SMILES string of the molecule is COc1ccccc1OCC(=O)N(C)CC1(O)CCCC1. The Kier molecular flexibility index (Phi) is 5.07. The number of benzene rings is 1. The quantitative estimate of drug-likeness (QED) is 0.869. The fraction of sp³-hybridized carbons (Fsp3) is 0.562. The minimum Gasteiger partial charge on any atom is -0.493 e. The lowest BCUT2D eigenvalue weighted by Gasteiger charge is -2.28. The van der Waals surface area contributed by atoms with Crippen molar-refractivity contribution in [3.05, 3.63) is 24.3 Å². The summed E-state index contributed by atoms with van der Waals surface area (Å²) >= 11 is 0. The van der Waals surface area contributed by atoms with Gasteiger partial charge in [0, 0.05) is 13.6 Å². The van der Waals surface area contributed by atoms with E-state index < -0.39 is 5.60 Å². The van der Waals surface area contributed by atoms with Gasteiger partial charge in [-0.2, -0.15) is 0 Å². The van der Waals surface area contributed by atoms with E-state index in [0.29, 0.717) is 18.0 Å². The minimum atomic E-state index is -0.727. The molecular weight excluding hydrogens is 270 g/mol. The minimum absolute atomic E-state index is 0.0625. The molecule has 1 amide bonds. The second kappa shape index (κ2) is 6.80. The smallest absolute Gasteiger partial charge is 0.260 e. The first-order valence-corrected chi connectivity index (χ1v) is 7.26. The second-order valence-corrected chi connectivity index (χ2v) is 5.62. The van der Waals surface area contributed by atoms with Crippen molar-refractivity contribution in [3.8, 4) is 11.5 Å². The summed E-state index contributed by atoms with van der Waals surface area (Å²) in [6, 6.07) is 7.21. The van der Waals surface area contributed by atoms with Crippen molar-refractivity contribution < 1.29 is 19.4 Å². The highest BCUT2D eigenvalue weighted by Crippen LogP contribution is 2.30. The van der Waals surface area contributed by atoms with Crippen LogP contribution in [0.2, 0.25) is 0 Å². The number of aliphatic hydroxyl groups is 1. The molecule has 0 aliphatic heterocycles. The van der Waals surface area contributed by atoms with Crippen LogP contribution in [-0.2, 0) is 4.79 Å².